The quantitative estimate of drug-likeness (QED) is 0.255. The standard InChI is InChI=1S/C35H39F3N4O/c1-40(31-16-18-39-19-17-31)30-13-8-26(9-14-30)22-42(34(43)15-10-25-6-11-29(12-7-25)35(36,37)38)33-20-27-23-41(24-28(27)21-33)32-4-2-3-5-32/h6-19,27-28,32-33H,2-5,20-24H2,1H3/t27-,28+,33?. The Kier molecular flexibility index (Phi) is 8.57. The van der Waals surface area contributed by atoms with E-state index in [0.717, 1.165) is 61.0 Å². The molecule has 2 aromatic carbocycles. The fraction of sp³-hybridized carbons (Fsp3) is 0.429. The molecular weight excluding hydrogens is 549 g/mol. The summed E-state index contributed by atoms with van der Waals surface area (Å²) >= 11 is 0. The molecule has 6 rings (SSSR count). The van der Waals surface area contributed by atoms with Gasteiger partial charge < -0.3 is 9.80 Å². The average Bonchev–Trinajstić information content (AvgIpc) is 3.76. The number of rotatable bonds is 8. The molecule has 1 amide bonds. The first-order valence-electron chi connectivity index (χ1n) is 15.4. The highest BCUT2D eigenvalue weighted by Gasteiger charge is 2.45. The van der Waals surface area contributed by atoms with Gasteiger partial charge >= 0.3 is 6.18 Å². The molecule has 3 atom stereocenters. The second-order valence-corrected chi connectivity index (χ2v) is 12.4. The van der Waals surface area contributed by atoms with Gasteiger partial charge in [-0.25, -0.2) is 0 Å². The molecule has 0 radical (unpaired) electrons. The largest absolute Gasteiger partial charge is 0.416 e. The number of fused-ring (bicyclic) bond motifs is 1. The summed E-state index contributed by atoms with van der Waals surface area (Å²) < 4.78 is 39.0. The Hall–Kier alpha value is -3.65. The Morgan fingerprint density at radius 2 is 1.51 bits per heavy atom. The number of benzene rings is 2. The molecule has 2 heterocycles. The SMILES string of the molecule is CN(c1ccncc1)c1ccc(CN(C(=O)C=Cc2ccc(C(F)(F)F)cc2)C2C[C@@H]3CN(C4CCCC4)C[C@@H]3C2)cc1. The van der Waals surface area contributed by atoms with Crippen molar-refractivity contribution in [3.05, 3.63) is 95.8 Å². The van der Waals surface area contributed by atoms with Crippen LogP contribution in [0, 0.1) is 11.8 Å². The number of alkyl halides is 3. The number of hydrogen-bond donors (Lipinski definition) is 0. The maximum absolute atomic E-state index is 13.7. The van der Waals surface area contributed by atoms with Crippen molar-refractivity contribution in [1.29, 1.82) is 0 Å². The molecule has 0 spiro atoms. The molecule has 1 aliphatic heterocycles. The molecule has 2 saturated carbocycles. The summed E-state index contributed by atoms with van der Waals surface area (Å²) in [4.78, 5) is 24.6. The van der Waals surface area contributed by atoms with Crippen LogP contribution in [0.4, 0.5) is 24.5 Å². The van der Waals surface area contributed by atoms with Gasteiger partial charge in [0.15, 0.2) is 0 Å². The maximum atomic E-state index is 13.7. The summed E-state index contributed by atoms with van der Waals surface area (Å²) in [6.45, 7) is 2.75. The van der Waals surface area contributed by atoms with Crippen LogP contribution in [0.25, 0.3) is 6.08 Å². The van der Waals surface area contributed by atoms with Gasteiger partial charge in [-0.15, -0.1) is 0 Å². The molecule has 8 heteroatoms. The van der Waals surface area contributed by atoms with Gasteiger partial charge in [-0.3, -0.25) is 14.7 Å². The van der Waals surface area contributed by atoms with E-state index in [1.807, 2.05) is 24.1 Å². The number of pyridine rings is 1. The molecule has 3 aromatic rings. The molecule has 1 saturated heterocycles. The van der Waals surface area contributed by atoms with Crippen LogP contribution < -0.4 is 4.90 Å². The number of carbonyl (C=O) groups excluding carboxylic acids is 1. The third kappa shape index (κ3) is 6.80. The van der Waals surface area contributed by atoms with Crippen molar-refractivity contribution in [3.63, 3.8) is 0 Å². The predicted octanol–water partition coefficient (Wildman–Crippen LogP) is 7.56. The Morgan fingerprint density at radius 1 is 0.907 bits per heavy atom. The van der Waals surface area contributed by atoms with Crippen molar-refractivity contribution < 1.29 is 18.0 Å². The van der Waals surface area contributed by atoms with E-state index >= 15 is 0 Å². The fourth-order valence-electron chi connectivity index (χ4n) is 7.30. The zero-order valence-corrected chi connectivity index (χ0v) is 24.6. The molecule has 5 nitrogen and oxygen atoms in total. The second kappa shape index (κ2) is 12.5. The van der Waals surface area contributed by atoms with Crippen LogP contribution in [0.3, 0.4) is 0 Å². The first-order valence-corrected chi connectivity index (χ1v) is 15.4. The van der Waals surface area contributed by atoms with Gasteiger partial charge in [-0.1, -0.05) is 37.1 Å². The van der Waals surface area contributed by atoms with Crippen LogP contribution in [-0.4, -0.2) is 52.9 Å². The van der Waals surface area contributed by atoms with Crippen molar-refractivity contribution in [1.82, 2.24) is 14.8 Å². The molecule has 0 bridgehead atoms. The highest BCUT2D eigenvalue weighted by molar-refractivity contribution is 5.92. The lowest BCUT2D eigenvalue weighted by atomic mass is 10.0. The summed E-state index contributed by atoms with van der Waals surface area (Å²) in [6.07, 6.45) is 9.60. The van der Waals surface area contributed by atoms with Crippen LogP contribution in [0.15, 0.2) is 79.1 Å². The number of aromatic nitrogens is 1. The predicted molar refractivity (Wildman–Crippen MR) is 164 cm³/mol. The van der Waals surface area contributed by atoms with Crippen LogP contribution >= 0.6 is 0 Å². The zero-order chi connectivity index (χ0) is 30.0. The summed E-state index contributed by atoms with van der Waals surface area (Å²) in [7, 11) is 2.01. The van der Waals surface area contributed by atoms with Crippen molar-refractivity contribution in [3.8, 4) is 0 Å². The minimum Gasteiger partial charge on any atom is -0.345 e. The first kappa shape index (κ1) is 29.4. The molecule has 43 heavy (non-hydrogen) atoms. The number of halogens is 3. The number of anilines is 2. The lowest BCUT2D eigenvalue weighted by Crippen LogP contribution is -2.39. The molecule has 1 aromatic heterocycles. The summed E-state index contributed by atoms with van der Waals surface area (Å²) in [6, 6.07) is 18.0. The second-order valence-electron chi connectivity index (χ2n) is 12.4. The Balaban J connectivity index is 1.17. The van der Waals surface area contributed by atoms with Crippen LogP contribution in [-0.2, 0) is 17.5 Å². The van der Waals surface area contributed by atoms with E-state index in [0.29, 0.717) is 23.9 Å². The zero-order valence-electron chi connectivity index (χ0n) is 24.6. The molecule has 1 unspecified atom stereocenters. The number of amides is 1. The Labute approximate surface area is 252 Å². The summed E-state index contributed by atoms with van der Waals surface area (Å²) in [5.74, 6) is 1.11. The van der Waals surface area contributed by atoms with Crippen molar-refractivity contribution in [2.75, 3.05) is 25.0 Å². The summed E-state index contributed by atoms with van der Waals surface area (Å²) in [5, 5.41) is 0. The van der Waals surface area contributed by atoms with Gasteiger partial charge in [0.1, 0.15) is 0 Å². The van der Waals surface area contributed by atoms with E-state index in [1.54, 1.807) is 18.5 Å². The summed E-state index contributed by atoms with van der Waals surface area (Å²) in [5.41, 5.74) is 3.00. The van der Waals surface area contributed by atoms with E-state index in [2.05, 4.69) is 39.0 Å². The molecule has 2 aliphatic carbocycles. The maximum Gasteiger partial charge on any atom is 0.416 e. The van der Waals surface area contributed by atoms with Crippen molar-refractivity contribution in [2.24, 2.45) is 11.8 Å². The van der Waals surface area contributed by atoms with Gasteiger partial charge in [0, 0.05) is 68.6 Å². The van der Waals surface area contributed by atoms with E-state index in [4.69, 9.17) is 0 Å². The number of likely N-dealkylation sites (tertiary alicyclic amines) is 1. The smallest absolute Gasteiger partial charge is 0.345 e. The molecule has 226 valence electrons. The number of nitrogens with zero attached hydrogens (tertiary/aromatic N) is 4. The molecule has 3 fully saturated rings. The molecular formula is C35H39F3N4O. The lowest BCUT2D eigenvalue weighted by molar-refractivity contribution is -0.137. The third-order valence-corrected chi connectivity index (χ3v) is 9.70. The van der Waals surface area contributed by atoms with E-state index in [9.17, 15) is 18.0 Å². The van der Waals surface area contributed by atoms with Crippen molar-refractivity contribution >= 4 is 23.4 Å². The van der Waals surface area contributed by atoms with Crippen molar-refractivity contribution in [2.45, 2.75) is 63.3 Å². The topological polar surface area (TPSA) is 39.7 Å². The average molecular weight is 589 g/mol. The minimum atomic E-state index is -4.38. The van der Waals surface area contributed by atoms with Gasteiger partial charge in [0.25, 0.3) is 0 Å². The first-order chi connectivity index (χ1) is 20.7. The van der Waals surface area contributed by atoms with Gasteiger partial charge in [-0.2, -0.15) is 13.2 Å². The van der Waals surface area contributed by atoms with E-state index < -0.39 is 11.7 Å². The Morgan fingerprint density at radius 3 is 2.12 bits per heavy atom. The van der Waals surface area contributed by atoms with Gasteiger partial charge in [0.2, 0.25) is 5.91 Å². The van der Waals surface area contributed by atoms with Crippen LogP contribution in [0.5, 0.6) is 0 Å². The number of carbonyl (C=O) groups is 1. The highest BCUT2D eigenvalue weighted by atomic mass is 19.4. The minimum absolute atomic E-state index is 0.101. The normalized spacial score (nSPS) is 22.7. The van der Waals surface area contributed by atoms with E-state index in [-0.39, 0.29) is 11.9 Å². The van der Waals surface area contributed by atoms with Gasteiger partial charge in [0.05, 0.1) is 5.56 Å². The van der Waals surface area contributed by atoms with Crippen LogP contribution in [0.1, 0.15) is 55.2 Å². The molecule has 0 N–H and O–H groups in total. The number of hydrogen-bond acceptors (Lipinski definition) is 4. The Bertz CT molecular complexity index is 1390. The van der Waals surface area contributed by atoms with Crippen LogP contribution in [0.2, 0.25) is 0 Å². The van der Waals surface area contributed by atoms with E-state index in [1.165, 1.54) is 43.9 Å². The lowest BCUT2D eigenvalue weighted by Gasteiger charge is -2.31. The fourth-order valence-corrected chi connectivity index (χ4v) is 7.30. The highest BCUT2D eigenvalue weighted by Crippen LogP contribution is 2.43. The van der Waals surface area contributed by atoms with Gasteiger partial charge in [-0.05, 0) is 91.1 Å². The molecule has 3 aliphatic rings. The third-order valence-electron chi connectivity index (χ3n) is 9.70. The monoisotopic (exact) mass is 588 g/mol.